The average molecular weight is 295 g/mol. The minimum atomic E-state index is -1.27. The van der Waals surface area contributed by atoms with Gasteiger partial charge in [0, 0.05) is 12.0 Å². The van der Waals surface area contributed by atoms with Crippen molar-refractivity contribution in [2.24, 2.45) is 0 Å². The van der Waals surface area contributed by atoms with Crippen LogP contribution in [0.4, 0.5) is 0 Å². The predicted octanol–water partition coefficient (Wildman–Crippen LogP) is 1.13. The fourth-order valence-electron chi connectivity index (χ4n) is 1.66. The number of nitrogens with one attached hydrogen (secondary N) is 1. The number of aliphatic carboxylic acids is 2. The lowest BCUT2D eigenvalue weighted by molar-refractivity contribution is -0.140. The summed E-state index contributed by atoms with van der Waals surface area (Å²) in [5, 5.41) is 19.9. The van der Waals surface area contributed by atoms with E-state index in [0.29, 0.717) is 12.4 Å². The number of rotatable bonds is 8. The van der Waals surface area contributed by atoms with Crippen LogP contribution in [0, 0.1) is 0 Å². The van der Waals surface area contributed by atoms with Crippen molar-refractivity contribution < 1.29 is 29.3 Å². The van der Waals surface area contributed by atoms with Crippen molar-refractivity contribution in [2.75, 3.05) is 6.61 Å². The normalized spacial score (nSPS) is 11.5. The summed E-state index contributed by atoms with van der Waals surface area (Å²) in [5.41, 5.74) is 0.252. The van der Waals surface area contributed by atoms with E-state index in [9.17, 15) is 14.4 Å². The zero-order valence-electron chi connectivity index (χ0n) is 11.5. The Hall–Kier alpha value is -2.57. The van der Waals surface area contributed by atoms with Gasteiger partial charge in [0.15, 0.2) is 0 Å². The van der Waals surface area contributed by atoms with E-state index in [1.165, 1.54) is 12.1 Å². The second-order valence-corrected chi connectivity index (χ2v) is 4.26. The molecule has 0 spiro atoms. The van der Waals surface area contributed by atoms with E-state index in [2.05, 4.69) is 5.32 Å². The molecule has 0 fully saturated rings. The van der Waals surface area contributed by atoms with E-state index in [4.69, 9.17) is 14.9 Å². The Balaban J connectivity index is 2.74. The molecule has 0 aliphatic heterocycles. The van der Waals surface area contributed by atoms with Crippen molar-refractivity contribution in [1.29, 1.82) is 0 Å². The number of hydrogen-bond acceptors (Lipinski definition) is 4. The maximum atomic E-state index is 12.0. The first kappa shape index (κ1) is 16.5. The Morgan fingerprint density at radius 2 is 2.00 bits per heavy atom. The fraction of sp³-hybridized carbons (Fsp3) is 0.357. The SMILES string of the molecule is CCOc1cccc(C(=O)N[C@@H](CCC(=O)O)C(=O)O)c1. The molecule has 0 aliphatic carbocycles. The molecule has 7 nitrogen and oxygen atoms in total. The minimum Gasteiger partial charge on any atom is -0.494 e. The zero-order valence-corrected chi connectivity index (χ0v) is 11.5. The van der Waals surface area contributed by atoms with Gasteiger partial charge < -0.3 is 20.3 Å². The van der Waals surface area contributed by atoms with E-state index in [0.717, 1.165) is 0 Å². The minimum absolute atomic E-state index is 0.179. The second kappa shape index (κ2) is 7.88. The molecule has 0 saturated heterocycles. The lowest BCUT2D eigenvalue weighted by Gasteiger charge is -2.14. The summed E-state index contributed by atoms with van der Waals surface area (Å²) in [6.45, 7) is 2.25. The summed E-state index contributed by atoms with van der Waals surface area (Å²) >= 11 is 0. The van der Waals surface area contributed by atoms with Gasteiger partial charge in [-0.3, -0.25) is 9.59 Å². The molecular formula is C14H17NO6. The van der Waals surface area contributed by atoms with E-state index in [-0.39, 0.29) is 18.4 Å². The molecule has 0 heterocycles. The van der Waals surface area contributed by atoms with Crippen molar-refractivity contribution in [3.8, 4) is 5.75 Å². The maximum Gasteiger partial charge on any atom is 0.326 e. The van der Waals surface area contributed by atoms with Crippen LogP contribution in [0.2, 0.25) is 0 Å². The van der Waals surface area contributed by atoms with Gasteiger partial charge in [0.05, 0.1) is 6.61 Å². The third kappa shape index (κ3) is 5.52. The maximum absolute atomic E-state index is 12.0. The van der Waals surface area contributed by atoms with E-state index in [1.54, 1.807) is 19.1 Å². The Bertz CT molecular complexity index is 528. The molecule has 1 atom stereocenters. The van der Waals surface area contributed by atoms with Crippen LogP contribution in [-0.4, -0.2) is 40.7 Å². The van der Waals surface area contributed by atoms with Gasteiger partial charge >= 0.3 is 11.9 Å². The number of hydrogen-bond donors (Lipinski definition) is 3. The summed E-state index contributed by atoms with van der Waals surface area (Å²) in [6.07, 6.45) is -0.516. The summed E-state index contributed by atoms with van der Waals surface area (Å²) < 4.78 is 5.25. The monoisotopic (exact) mass is 295 g/mol. The Kier molecular flexibility index (Phi) is 6.19. The van der Waals surface area contributed by atoms with Gasteiger partial charge in [-0.25, -0.2) is 4.79 Å². The summed E-state index contributed by atoms with van der Waals surface area (Å²) in [6, 6.07) is 5.07. The molecule has 1 amide bonds. The summed E-state index contributed by atoms with van der Waals surface area (Å²) in [7, 11) is 0. The summed E-state index contributed by atoms with van der Waals surface area (Å²) in [5.74, 6) is -2.48. The van der Waals surface area contributed by atoms with Crippen molar-refractivity contribution >= 4 is 17.8 Å². The Morgan fingerprint density at radius 1 is 1.29 bits per heavy atom. The summed E-state index contributed by atoms with van der Waals surface area (Å²) in [4.78, 5) is 33.5. The van der Waals surface area contributed by atoms with Crippen LogP contribution in [0.25, 0.3) is 0 Å². The third-order valence-electron chi connectivity index (χ3n) is 2.66. The number of carboxylic acid groups (broad SMARTS) is 2. The quantitative estimate of drug-likeness (QED) is 0.662. The van der Waals surface area contributed by atoms with Gasteiger partial charge in [-0.2, -0.15) is 0 Å². The lowest BCUT2D eigenvalue weighted by atomic mass is 10.1. The molecule has 1 aromatic rings. The van der Waals surface area contributed by atoms with E-state index >= 15 is 0 Å². The highest BCUT2D eigenvalue weighted by Crippen LogP contribution is 2.13. The molecule has 0 saturated carbocycles. The van der Waals surface area contributed by atoms with Gasteiger partial charge in [0.25, 0.3) is 5.91 Å². The van der Waals surface area contributed by atoms with Crippen molar-refractivity contribution in [3.63, 3.8) is 0 Å². The molecule has 21 heavy (non-hydrogen) atoms. The molecule has 114 valence electrons. The Labute approximate surface area is 121 Å². The first-order valence-electron chi connectivity index (χ1n) is 6.42. The van der Waals surface area contributed by atoms with Gasteiger partial charge in [0.2, 0.25) is 0 Å². The molecular weight excluding hydrogens is 278 g/mol. The highest BCUT2D eigenvalue weighted by atomic mass is 16.5. The molecule has 0 aromatic heterocycles. The number of carbonyl (C=O) groups is 3. The molecule has 1 aromatic carbocycles. The predicted molar refractivity (Wildman–Crippen MR) is 73.4 cm³/mol. The van der Waals surface area contributed by atoms with Crippen LogP contribution in [0.3, 0.4) is 0 Å². The molecule has 0 radical (unpaired) electrons. The number of carbonyl (C=O) groups excluding carboxylic acids is 1. The average Bonchev–Trinajstić information content (AvgIpc) is 2.43. The van der Waals surface area contributed by atoms with Crippen LogP contribution >= 0.6 is 0 Å². The van der Waals surface area contributed by atoms with Gasteiger partial charge in [0.1, 0.15) is 11.8 Å². The van der Waals surface area contributed by atoms with Gasteiger partial charge in [-0.15, -0.1) is 0 Å². The fourth-order valence-corrected chi connectivity index (χ4v) is 1.66. The molecule has 1 rings (SSSR count). The number of ether oxygens (including phenoxy) is 1. The van der Waals surface area contributed by atoms with Crippen LogP contribution < -0.4 is 10.1 Å². The van der Waals surface area contributed by atoms with Crippen LogP contribution in [0.1, 0.15) is 30.1 Å². The zero-order chi connectivity index (χ0) is 15.8. The van der Waals surface area contributed by atoms with Crippen molar-refractivity contribution in [3.05, 3.63) is 29.8 Å². The topological polar surface area (TPSA) is 113 Å². The largest absolute Gasteiger partial charge is 0.494 e. The lowest BCUT2D eigenvalue weighted by Crippen LogP contribution is -2.41. The molecule has 0 bridgehead atoms. The van der Waals surface area contributed by atoms with E-state index in [1.807, 2.05) is 0 Å². The highest BCUT2D eigenvalue weighted by molar-refractivity contribution is 5.97. The van der Waals surface area contributed by atoms with Crippen molar-refractivity contribution in [2.45, 2.75) is 25.8 Å². The van der Waals surface area contributed by atoms with Gasteiger partial charge in [-0.05, 0) is 31.5 Å². The molecule has 3 N–H and O–H groups in total. The number of amides is 1. The van der Waals surface area contributed by atoms with E-state index < -0.39 is 23.9 Å². The third-order valence-corrected chi connectivity index (χ3v) is 2.66. The van der Waals surface area contributed by atoms with Crippen LogP contribution in [-0.2, 0) is 9.59 Å². The first-order chi connectivity index (χ1) is 9.93. The Morgan fingerprint density at radius 3 is 2.57 bits per heavy atom. The highest BCUT2D eigenvalue weighted by Gasteiger charge is 2.21. The smallest absolute Gasteiger partial charge is 0.326 e. The van der Waals surface area contributed by atoms with Crippen LogP contribution in [0.5, 0.6) is 5.75 Å². The number of carboxylic acids is 2. The van der Waals surface area contributed by atoms with Crippen LogP contribution in [0.15, 0.2) is 24.3 Å². The second-order valence-electron chi connectivity index (χ2n) is 4.26. The number of benzene rings is 1. The van der Waals surface area contributed by atoms with Gasteiger partial charge in [-0.1, -0.05) is 6.07 Å². The molecule has 7 heteroatoms. The molecule has 0 aliphatic rings. The first-order valence-corrected chi connectivity index (χ1v) is 6.42. The van der Waals surface area contributed by atoms with Crippen molar-refractivity contribution in [1.82, 2.24) is 5.32 Å². The standard InChI is InChI=1S/C14H17NO6/c1-2-21-10-5-3-4-9(8-10)13(18)15-11(14(19)20)6-7-12(16)17/h3-5,8,11H,2,6-7H2,1H3,(H,15,18)(H,16,17)(H,19,20)/t11-/m0/s1. The molecule has 0 unspecified atom stereocenters.